The first-order valence-corrected chi connectivity index (χ1v) is 7.89. The van der Waals surface area contributed by atoms with Crippen LogP contribution in [-0.4, -0.2) is 29.1 Å². The van der Waals surface area contributed by atoms with E-state index >= 15 is 0 Å². The summed E-state index contributed by atoms with van der Waals surface area (Å²) in [5.74, 6) is 0.0682. The Bertz CT molecular complexity index is 694. The summed E-state index contributed by atoms with van der Waals surface area (Å²) in [6, 6.07) is 8.19. The average Bonchev–Trinajstić information content (AvgIpc) is 2.47. The molecule has 110 valence electrons. The van der Waals surface area contributed by atoms with E-state index in [1.54, 1.807) is 0 Å². The largest absolute Gasteiger partial charge is 0.481 e. The van der Waals surface area contributed by atoms with Crippen molar-refractivity contribution in [3.63, 3.8) is 0 Å². The minimum Gasteiger partial charge on any atom is -0.481 e. The molecule has 1 aliphatic heterocycles. The van der Waals surface area contributed by atoms with Crippen LogP contribution < -0.4 is 4.90 Å². The highest BCUT2D eigenvalue weighted by molar-refractivity contribution is 9.10. The van der Waals surface area contributed by atoms with Gasteiger partial charge in [-0.15, -0.1) is 0 Å². The van der Waals surface area contributed by atoms with Gasteiger partial charge in [0.05, 0.1) is 5.92 Å². The maximum atomic E-state index is 11.1. The minimum absolute atomic E-state index is 0.218. The van der Waals surface area contributed by atoms with E-state index in [0.29, 0.717) is 12.8 Å². The highest BCUT2D eigenvalue weighted by Crippen LogP contribution is 2.32. The number of fused-ring (bicyclic) bond motifs is 1. The molecule has 1 aliphatic rings. The van der Waals surface area contributed by atoms with Crippen LogP contribution in [0.5, 0.6) is 0 Å². The van der Waals surface area contributed by atoms with Crippen molar-refractivity contribution in [3.8, 4) is 0 Å². The van der Waals surface area contributed by atoms with E-state index in [4.69, 9.17) is 10.1 Å². The van der Waals surface area contributed by atoms with Gasteiger partial charge in [0.1, 0.15) is 5.82 Å². The average molecular weight is 349 g/mol. The number of carboxylic acids is 1. The molecule has 0 amide bonds. The van der Waals surface area contributed by atoms with Gasteiger partial charge in [0.2, 0.25) is 0 Å². The molecule has 0 aliphatic carbocycles. The number of benzene rings is 1. The van der Waals surface area contributed by atoms with Crippen molar-refractivity contribution in [1.29, 1.82) is 0 Å². The quantitative estimate of drug-likeness (QED) is 0.900. The van der Waals surface area contributed by atoms with E-state index in [0.717, 1.165) is 39.8 Å². The molecule has 0 saturated carbocycles. The molecule has 1 fully saturated rings. The number of nitrogens with zero attached hydrogens (tertiary/aromatic N) is 2. The van der Waals surface area contributed by atoms with E-state index in [1.165, 1.54) is 0 Å². The third-order valence-corrected chi connectivity index (χ3v) is 4.76. The Morgan fingerprint density at radius 3 is 2.71 bits per heavy atom. The number of pyridine rings is 1. The van der Waals surface area contributed by atoms with Crippen LogP contribution in [0.4, 0.5) is 5.82 Å². The molecular formula is C16H17BrN2O2. The molecule has 2 aromatic rings. The molecule has 0 unspecified atom stereocenters. The zero-order valence-electron chi connectivity index (χ0n) is 11.8. The summed E-state index contributed by atoms with van der Waals surface area (Å²) in [4.78, 5) is 18.0. The van der Waals surface area contributed by atoms with Gasteiger partial charge in [0.15, 0.2) is 0 Å². The van der Waals surface area contributed by atoms with Crippen LogP contribution in [0.3, 0.4) is 0 Å². The van der Waals surface area contributed by atoms with Gasteiger partial charge in [-0.1, -0.05) is 28.1 Å². The standard InChI is InChI=1S/C16H17BrN2O2/c1-10-9-13-12(3-2-4-14(13)17)15(18-10)19-7-5-11(6-8-19)16(20)21/h2-4,9,11H,5-8H2,1H3,(H,20,21). The first-order chi connectivity index (χ1) is 10.1. The first kappa shape index (κ1) is 14.3. The summed E-state index contributed by atoms with van der Waals surface area (Å²) in [7, 11) is 0. The highest BCUT2D eigenvalue weighted by Gasteiger charge is 2.26. The Morgan fingerprint density at radius 2 is 2.05 bits per heavy atom. The second kappa shape index (κ2) is 5.64. The molecule has 21 heavy (non-hydrogen) atoms. The molecule has 1 N–H and O–H groups in total. The maximum absolute atomic E-state index is 11.1. The van der Waals surface area contributed by atoms with Gasteiger partial charge in [-0.05, 0) is 31.9 Å². The molecule has 3 rings (SSSR count). The van der Waals surface area contributed by atoms with Gasteiger partial charge < -0.3 is 10.0 Å². The lowest BCUT2D eigenvalue weighted by Gasteiger charge is -2.32. The SMILES string of the molecule is Cc1cc2c(Br)cccc2c(N2CCC(C(=O)O)CC2)n1. The van der Waals surface area contributed by atoms with Gasteiger partial charge in [-0.3, -0.25) is 4.79 Å². The fraction of sp³-hybridized carbons (Fsp3) is 0.375. The number of aryl methyl sites for hydroxylation is 1. The Balaban J connectivity index is 1.98. The molecule has 1 aromatic heterocycles. The lowest BCUT2D eigenvalue weighted by Crippen LogP contribution is -2.37. The van der Waals surface area contributed by atoms with Gasteiger partial charge in [0.25, 0.3) is 0 Å². The minimum atomic E-state index is -0.681. The van der Waals surface area contributed by atoms with Crippen LogP contribution in [0.25, 0.3) is 10.8 Å². The fourth-order valence-corrected chi connectivity index (χ4v) is 3.41. The highest BCUT2D eigenvalue weighted by atomic mass is 79.9. The number of halogens is 1. The molecular weight excluding hydrogens is 332 g/mol. The van der Waals surface area contributed by atoms with Crippen molar-refractivity contribution in [1.82, 2.24) is 4.98 Å². The van der Waals surface area contributed by atoms with E-state index in [9.17, 15) is 4.79 Å². The normalized spacial score (nSPS) is 16.4. The van der Waals surface area contributed by atoms with Crippen LogP contribution in [-0.2, 0) is 4.79 Å². The number of aromatic nitrogens is 1. The smallest absolute Gasteiger partial charge is 0.306 e. The van der Waals surface area contributed by atoms with Crippen molar-refractivity contribution in [2.75, 3.05) is 18.0 Å². The lowest BCUT2D eigenvalue weighted by molar-refractivity contribution is -0.142. The number of carbonyl (C=O) groups is 1. The van der Waals surface area contributed by atoms with Crippen LogP contribution in [0.2, 0.25) is 0 Å². The molecule has 4 nitrogen and oxygen atoms in total. The second-order valence-electron chi connectivity index (χ2n) is 5.52. The zero-order chi connectivity index (χ0) is 15.0. The zero-order valence-corrected chi connectivity index (χ0v) is 13.4. The topological polar surface area (TPSA) is 53.4 Å². The van der Waals surface area contributed by atoms with Crippen LogP contribution in [0.15, 0.2) is 28.7 Å². The Hall–Kier alpha value is -1.62. The van der Waals surface area contributed by atoms with E-state index in [2.05, 4.69) is 33.0 Å². The molecule has 0 spiro atoms. The molecule has 1 saturated heterocycles. The second-order valence-corrected chi connectivity index (χ2v) is 6.38. The van der Waals surface area contributed by atoms with E-state index in [1.807, 2.05) is 19.1 Å². The van der Waals surface area contributed by atoms with E-state index in [-0.39, 0.29) is 5.92 Å². The van der Waals surface area contributed by atoms with Crippen molar-refractivity contribution in [2.24, 2.45) is 5.92 Å². The molecule has 5 heteroatoms. The van der Waals surface area contributed by atoms with Crippen molar-refractivity contribution < 1.29 is 9.90 Å². The predicted molar refractivity (Wildman–Crippen MR) is 86.8 cm³/mol. The molecule has 0 bridgehead atoms. The lowest BCUT2D eigenvalue weighted by atomic mass is 9.97. The monoisotopic (exact) mass is 348 g/mol. The van der Waals surface area contributed by atoms with E-state index < -0.39 is 5.97 Å². The molecule has 1 aromatic carbocycles. The van der Waals surface area contributed by atoms with Gasteiger partial charge in [0, 0.05) is 34.0 Å². The molecule has 0 radical (unpaired) electrons. The van der Waals surface area contributed by atoms with Crippen molar-refractivity contribution >= 4 is 38.5 Å². The van der Waals surface area contributed by atoms with Gasteiger partial charge in [-0.2, -0.15) is 0 Å². The molecule has 0 atom stereocenters. The number of rotatable bonds is 2. The van der Waals surface area contributed by atoms with Crippen molar-refractivity contribution in [3.05, 3.63) is 34.4 Å². The Labute approximate surface area is 131 Å². The van der Waals surface area contributed by atoms with Crippen LogP contribution >= 0.6 is 15.9 Å². The van der Waals surface area contributed by atoms with Crippen molar-refractivity contribution in [2.45, 2.75) is 19.8 Å². The summed E-state index contributed by atoms with van der Waals surface area (Å²) < 4.78 is 1.06. The predicted octanol–water partition coefficient (Wildman–Crippen LogP) is 3.61. The summed E-state index contributed by atoms with van der Waals surface area (Å²) in [5.41, 5.74) is 0.977. The third-order valence-electron chi connectivity index (χ3n) is 4.07. The van der Waals surface area contributed by atoms with Crippen LogP contribution in [0.1, 0.15) is 18.5 Å². The first-order valence-electron chi connectivity index (χ1n) is 7.10. The Kier molecular flexibility index (Phi) is 3.85. The number of hydrogen-bond acceptors (Lipinski definition) is 3. The maximum Gasteiger partial charge on any atom is 0.306 e. The molecule has 2 heterocycles. The third kappa shape index (κ3) is 2.75. The Morgan fingerprint density at radius 1 is 1.33 bits per heavy atom. The number of piperidine rings is 1. The fourth-order valence-electron chi connectivity index (χ4n) is 2.93. The number of carboxylic acid groups (broad SMARTS) is 1. The summed E-state index contributed by atoms with van der Waals surface area (Å²) in [6.07, 6.45) is 1.36. The van der Waals surface area contributed by atoms with Crippen LogP contribution in [0, 0.1) is 12.8 Å². The summed E-state index contributed by atoms with van der Waals surface area (Å²) in [5, 5.41) is 11.4. The summed E-state index contributed by atoms with van der Waals surface area (Å²) in [6.45, 7) is 3.48. The number of aliphatic carboxylic acids is 1. The number of anilines is 1. The van der Waals surface area contributed by atoms with Gasteiger partial charge >= 0.3 is 5.97 Å². The summed E-state index contributed by atoms with van der Waals surface area (Å²) >= 11 is 3.59. The van der Waals surface area contributed by atoms with Gasteiger partial charge in [-0.25, -0.2) is 4.98 Å². The number of hydrogen-bond donors (Lipinski definition) is 1.